The van der Waals surface area contributed by atoms with Gasteiger partial charge in [-0.3, -0.25) is 4.79 Å². The summed E-state index contributed by atoms with van der Waals surface area (Å²) in [5, 5.41) is 0. The van der Waals surface area contributed by atoms with Crippen molar-refractivity contribution in [3.8, 4) is 5.75 Å². The molecular formula is C13H11BrN2O2. The second-order valence-electron chi connectivity index (χ2n) is 4.27. The molecule has 1 aromatic heterocycles. The Labute approximate surface area is 112 Å². The van der Waals surface area contributed by atoms with Gasteiger partial charge in [-0.15, -0.1) is 0 Å². The van der Waals surface area contributed by atoms with Crippen LogP contribution in [0.15, 0.2) is 39.7 Å². The minimum absolute atomic E-state index is 0.0979. The molecule has 4 nitrogen and oxygen atoms in total. The summed E-state index contributed by atoms with van der Waals surface area (Å²) in [6.07, 6.45) is 2.37. The van der Waals surface area contributed by atoms with Crippen LogP contribution in [0.25, 0.3) is 0 Å². The van der Waals surface area contributed by atoms with E-state index in [2.05, 4.69) is 25.9 Å². The maximum Gasteiger partial charge on any atom is 0.265 e. The highest BCUT2D eigenvalue weighted by atomic mass is 79.9. The van der Waals surface area contributed by atoms with Gasteiger partial charge in [0, 0.05) is 6.20 Å². The summed E-state index contributed by atoms with van der Waals surface area (Å²) in [7, 11) is 0. The minimum Gasteiger partial charge on any atom is -0.493 e. The van der Waals surface area contributed by atoms with Crippen molar-refractivity contribution in [2.75, 3.05) is 6.61 Å². The molecule has 2 heterocycles. The molecule has 0 spiro atoms. The quantitative estimate of drug-likeness (QED) is 0.879. The van der Waals surface area contributed by atoms with E-state index < -0.39 is 0 Å². The van der Waals surface area contributed by atoms with Crippen molar-refractivity contribution in [1.82, 2.24) is 9.97 Å². The third kappa shape index (κ3) is 2.06. The summed E-state index contributed by atoms with van der Waals surface area (Å²) in [5.74, 6) is 1.70. The van der Waals surface area contributed by atoms with Crippen molar-refractivity contribution in [3.05, 3.63) is 56.7 Å². The zero-order chi connectivity index (χ0) is 12.5. The second-order valence-corrected chi connectivity index (χ2v) is 5.12. The summed E-state index contributed by atoms with van der Waals surface area (Å²) in [6.45, 7) is 0.543. The fraction of sp³-hybridized carbons (Fsp3) is 0.231. The van der Waals surface area contributed by atoms with E-state index >= 15 is 0 Å². The highest BCUT2D eigenvalue weighted by Crippen LogP contribution is 2.30. The van der Waals surface area contributed by atoms with Crippen molar-refractivity contribution in [2.45, 2.75) is 12.3 Å². The number of fused-ring (bicyclic) bond motifs is 1. The summed E-state index contributed by atoms with van der Waals surface area (Å²) >= 11 is 3.14. The van der Waals surface area contributed by atoms with E-state index in [0.29, 0.717) is 16.9 Å². The van der Waals surface area contributed by atoms with Crippen LogP contribution in [0, 0.1) is 0 Å². The average molecular weight is 307 g/mol. The fourth-order valence-electron chi connectivity index (χ4n) is 2.10. The first-order valence-electron chi connectivity index (χ1n) is 5.69. The number of hydrogen-bond acceptors (Lipinski definition) is 3. The lowest BCUT2D eigenvalue weighted by atomic mass is 9.96. The summed E-state index contributed by atoms with van der Waals surface area (Å²) < 4.78 is 6.13. The number of hydrogen-bond donors (Lipinski definition) is 1. The molecule has 0 saturated carbocycles. The SMILES string of the molecule is O=c1[nH]c(C2COc3ccccc3C2)ncc1Br. The van der Waals surface area contributed by atoms with Gasteiger partial charge in [-0.2, -0.15) is 0 Å². The highest BCUT2D eigenvalue weighted by Gasteiger charge is 2.22. The van der Waals surface area contributed by atoms with E-state index in [-0.39, 0.29) is 11.5 Å². The number of nitrogens with one attached hydrogen (secondary N) is 1. The van der Waals surface area contributed by atoms with Crippen molar-refractivity contribution in [1.29, 1.82) is 0 Å². The molecule has 5 heteroatoms. The van der Waals surface area contributed by atoms with Crippen LogP contribution in [0.1, 0.15) is 17.3 Å². The van der Waals surface area contributed by atoms with Crippen molar-refractivity contribution >= 4 is 15.9 Å². The van der Waals surface area contributed by atoms with Gasteiger partial charge in [0.05, 0.1) is 12.5 Å². The smallest absolute Gasteiger partial charge is 0.265 e. The first-order valence-corrected chi connectivity index (χ1v) is 6.49. The Morgan fingerprint density at radius 3 is 3.06 bits per heavy atom. The van der Waals surface area contributed by atoms with E-state index in [1.165, 1.54) is 6.20 Å². The molecule has 0 amide bonds. The van der Waals surface area contributed by atoms with Crippen molar-refractivity contribution in [2.24, 2.45) is 0 Å². The second kappa shape index (κ2) is 4.57. The Kier molecular flexibility index (Phi) is 2.91. The maximum atomic E-state index is 11.5. The normalized spacial score (nSPS) is 17.9. The van der Waals surface area contributed by atoms with Gasteiger partial charge in [0.1, 0.15) is 16.0 Å². The molecule has 0 bridgehead atoms. The molecule has 1 unspecified atom stereocenters. The van der Waals surface area contributed by atoms with Gasteiger partial charge in [0.25, 0.3) is 5.56 Å². The highest BCUT2D eigenvalue weighted by molar-refractivity contribution is 9.10. The van der Waals surface area contributed by atoms with E-state index in [9.17, 15) is 4.79 Å². The topological polar surface area (TPSA) is 55.0 Å². The van der Waals surface area contributed by atoms with Gasteiger partial charge in [-0.05, 0) is 34.0 Å². The van der Waals surface area contributed by atoms with Gasteiger partial charge in [0.15, 0.2) is 0 Å². The zero-order valence-corrected chi connectivity index (χ0v) is 11.1. The number of para-hydroxylation sites is 1. The molecule has 92 valence electrons. The van der Waals surface area contributed by atoms with Crippen molar-refractivity contribution in [3.63, 3.8) is 0 Å². The monoisotopic (exact) mass is 306 g/mol. The van der Waals surface area contributed by atoms with Crippen LogP contribution in [0.3, 0.4) is 0 Å². The van der Waals surface area contributed by atoms with E-state index in [4.69, 9.17) is 4.74 Å². The molecule has 3 rings (SSSR count). The van der Waals surface area contributed by atoms with Crippen LogP contribution < -0.4 is 10.3 Å². The lowest BCUT2D eigenvalue weighted by molar-refractivity contribution is 0.257. The molecular weight excluding hydrogens is 296 g/mol. The molecule has 1 N–H and O–H groups in total. The molecule has 0 fully saturated rings. The Balaban J connectivity index is 1.92. The maximum absolute atomic E-state index is 11.5. The molecule has 1 aliphatic rings. The largest absolute Gasteiger partial charge is 0.493 e. The van der Waals surface area contributed by atoms with Gasteiger partial charge in [-0.25, -0.2) is 4.98 Å². The van der Waals surface area contributed by atoms with Gasteiger partial charge in [0.2, 0.25) is 0 Å². The van der Waals surface area contributed by atoms with Crippen LogP contribution in [0.5, 0.6) is 5.75 Å². The Morgan fingerprint density at radius 1 is 1.39 bits per heavy atom. The number of benzene rings is 1. The number of ether oxygens (including phenoxy) is 1. The summed E-state index contributed by atoms with van der Waals surface area (Å²) in [6, 6.07) is 7.95. The van der Waals surface area contributed by atoms with Gasteiger partial charge in [-0.1, -0.05) is 18.2 Å². The van der Waals surface area contributed by atoms with Crippen LogP contribution >= 0.6 is 15.9 Å². The number of nitrogens with zero attached hydrogens (tertiary/aromatic N) is 1. The van der Waals surface area contributed by atoms with Crippen molar-refractivity contribution < 1.29 is 4.74 Å². The van der Waals surface area contributed by atoms with E-state index in [1.54, 1.807) is 0 Å². The lowest BCUT2D eigenvalue weighted by Gasteiger charge is -2.24. The number of halogens is 1. The molecule has 0 aliphatic carbocycles. The molecule has 0 saturated heterocycles. The summed E-state index contributed by atoms with van der Waals surface area (Å²) in [4.78, 5) is 18.6. The predicted molar refractivity (Wildman–Crippen MR) is 70.9 cm³/mol. The molecule has 18 heavy (non-hydrogen) atoms. The molecule has 1 atom stereocenters. The first-order chi connectivity index (χ1) is 8.74. The predicted octanol–water partition coefficient (Wildman–Crippen LogP) is 2.25. The molecule has 0 radical (unpaired) electrons. The van der Waals surface area contributed by atoms with Crippen LogP contribution in [-0.2, 0) is 6.42 Å². The molecule has 1 aromatic carbocycles. The third-order valence-electron chi connectivity index (χ3n) is 3.04. The minimum atomic E-state index is -0.154. The van der Waals surface area contributed by atoms with Gasteiger partial charge >= 0.3 is 0 Å². The van der Waals surface area contributed by atoms with Crippen LogP contribution in [-0.4, -0.2) is 16.6 Å². The Morgan fingerprint density at radius 2 is 2.22 bits per heavy atom. The average Bonchev–Trinajstić information content (AvgIpc) is 2.41. The zero-order valence-electron chi connectivity index (χ0n) is 9.52. The van der Waals surface area contributed by atoms with Crippen LogP contribution in [0.4, 0.5) is 0 Å². The molecule has 2 aromatic rings. The van der Waals surface area contributed by atoms with E-state index in [1.807, 2.05) is 24.3 Å². The Bertz CT molecular complexity index is 639. The molecule has 1 aliphatic heterocycles. The fourth-order valence-corrected chi connectivity index (χ4v) is 2.31. The number of aromatic nitrogens is 2. The first kappa shape index (κ1) is 11.5. The van der Waals surface area contributed by atoms with Gasteiger partial charge < -0.3 is 9.72 Å². The van der Waals surface area contributed by atoms with E-state index in [0.717, 1.165) is 17.7 Å². The number of aromatic amines is 1. The summed E-state index contributed by atoms with van der Waals surface area (Å²) in [5.41, 5.74) is 0.998. The van der Waals surface area contributed by atoms with Crippen LogP contribution in [0.2, 0.25) is 0 Å². The number of H-pyrrole nitrogens is 1. The Hall–Kier alpha value is -1.62. The lowest BCUT2D eigenvalue weighted by Crippen LogP contribution is -2.23. The standard InChI is InChI=1S/C13H11BrN2O2/c14-10-6-15-12(16-13(10)17)9-5-8-3-1-2-4-11(8)18-7-9/h1-4,6,9H,5,7H2,(H,15,16,17). The third-order valence-corrected chi connectivity index (χ3v) is 3.61. The number of rotatable bonds is 1.